The largest absolute Gasteiger partial charge is 0.504 e. The van der Waals surface area contributed by atoms with Crippen LogP contribution < -0.4 is 4.74 Å². The van der Waals surface area contributed by atoms with Crippen LogP contribution in [0.5, 0.6) is 11.5 Å². The number of hydrogen-bond donors (Lipinski definition) is 2. The van der Waals surface area contributed by atoms with E-state index in [0.717, 1.165) is 12.1 Å². The Morgan fingerprint density at radius 2 is 2.00 bits per heavy atom. The molecule has 200 valence electrons. The Labute approximate surface area is 223 Å². The van der Waals surface area contributed by atoms with Gasteiger partial charge in [0.2, 0.25) is 5.91 Å². The molecule has 2 N–H and O–H groups in total. The second-order valence-electron chi connectivity index (χ2n) is 12.3. The lowest BCUT2D eigenvalue weighted by atomic mass is 9.48. The standard InChI is InChI=1S/C31H36N2O5/c1-18-4-3-5-19(16-18)8-11-24(35)32(2)22-12-13-31(37)28-26(36)21-9-10-23(34)27-25(21)30(31,29(22)38-27)14-15-33(28)17-20-6-7-20/h3-5,9-10,16,20,22,28-29,34,37H,6-8,11-15,17H2,1-2H3/t22?,28-,29?,30+,31-/m1/s1. The van der Waals surface area contributed by atoms with Gasteiger partial charge in [0.25, 0.3) is 0 Å². The highest BCUT2D eigenvalue weighted by molar-refractivity contribution is 6.06. The first kappa shape index (κ1) is 24.2. The SMILES string of the molecule is Cc1cccc(CCC(=O)N(C)C2CC[C@@]3(O)[C@H]4C(=O)c5ccc(O)c6c5[C@@]3(CCN4CC3CC3)C2O6)c1. The van der Waals surface area contributed by atoms with Crippen LogP contribution >= 0.6 is 0 Å². The van der Waals surface area contributed by atoms with Crippen LogP contribution in [-0.2, 0) is 16.6 Å². The van der Waals surface area contributed by atoms with Gasteiger partial charge in [-0.25, -0.2) is 0 Å². The van der Waals surface area contributed by atoms with E-state index >= 15 is 0 Å². The molecule has 3 fully saturated rings. The number of hydrogen-bond acceptors (Lipinski definition) is 6. The van der Waals surface area contributed by atoms with Crippen molar-refractivity contribution in [2.75, 3.05) is 20.1 Å². The lowest BCUT2D eigenvalue weighted by molar-refractivity contribution is -0.188. The molecule has 2 aliphatic heterocycles. The second kappa shape index (κ2) is 8.30. The lowest BCUT2D eigenvalue weighted by Crippen LogP contribution is -2.79. The van der Waals surface area contributed by atoms with E-state index in [2.05, 4.69) is 30.0 Å². The van der Waals surface area contributed by atoms with Crippen molar-refractivity contribution < 1.29 is 24.5 Å². The third kappa shape index (κ3) is 3.21. The van der Waals surface area contributed by atoms with Crippen LogP contribution in [0.25, 0.3) is 0 Å². The first-order chi connectivity index (χ1) is 18.2. The maximum atomic E-state index is 13.9. The topological polar surface area (TPSA) is 90.3 Å². The molecule has 1 saturated heterocycles. The van der Waals surface area contributed by atoms with Crippen molar-refractivity contribution in [3.63, 3.8) is 0 Å². The molecule has 2 aromatic carbocycles. The summed E-state index contributed by atoms with van der Waals surface area (Å²) in [7, 11) is 1.84. The zero-order chi connectivity index (χ0) is 26.4. The molecule has 2 unspecified atom stereocenters. The summed E-state index contributed by atoms with van der Waals surface area (Å²) < 4.78 is 6.54. The Hall–Kier alpha value is -2.90. The van der Waals surface area contributed by atoms with Crippen LogP contribution in [0, 0.1) is 12.8 Å². The number of benzene rings is 2. The van der Waals surface area contributed by atoms with Crippen LogP contribution in [0.1, 0.15) is 65.6 Å². The molecular weight excluding hydrogens is 480 g/mol. The Kier molecular flexibility index (Phi) is 5.28. The average molecular weight is 517 g/mol. The number of likely N-dealkylation sites (N-methyl/N-ethyl adjacent to an activating group) is 1. The maximum absolute atomic E-state index is 13.9. The second-order valence-corrected chi connectivity index (χ2v) is 12.3. The van der Waals surface area contributed by atoms with Gasteiger partial charge in [-0.3, -0.25) is 14.5 Å². The minimum Gasteiger partial charge on any atom is -0.504 e. The number of nitrogens with zero attached hydrogens (tertiary/aromatic N) is 2. The molecule has 1 amide bonds. The molecule has 5 atom stereocenters. The third-order valence-electron chi connectivity index (χ3n) is 10.2. The molecule has 0 radical (unpaired) electrons. The number of likely N-dealkylation sites (tertiary alicyclic amines) is 1. The van der Waals surface area contributed by atoms with Crippen molar-refractivity contribution >= 4 is 11.7 Å². The molecule has 2 bridgehead atoms. The zero-order valence-electron chi connectivity index (χ0n) is 22.2. The van der Waals surface area contributed by atoms with Crippen molar-refractivity contribution in [3.05, 3.63) is 58.7 Å². The Morgan fingerprint density at radius 3 is 2.76 bits per heavy atom. The predicted octanol–water partition coefficient (Wildman–Crippen LogP) is 3.36. The van der Waals surface area contributed by atoms with E-state index in [4.69, 9.17) is 4.74 Å². The van der Waals surface area contributed by atoms with Gasteiger partial charge < -0.3 is 19.8 Å². The third-order valence-corrected chi connectivity index (χ3v) is 10.2. The summed E-state index contributed by atoms with van der Waals surface area (Å²) in [5, 5.41) is 23.4. The monoisotopic (exact) mass is 516 g/mol. The van der Waals surface area contributed by atoms with Gasteiger partial charge in [-0.2, -0.15) is 0 Å². The molecule has 7 nitrogen and oxygen atoms in total. The Morgan fingerprint density at radius 1 is 1.18 bits per heavy atom. The highest BCUT2D eigenvalue weighted by Gasteiger charge is 2.75. The van der Waals surface area contributed by atoms with Gasteiger partial charge in [-0.1, -0.05) is 29.8 Å². The quantitative estimate of drug-likeness (QED) is 0.612. The van der Waals surface area contributed by atoms with Crippen LogP contribution in [0.15, 0.2) is 36.4 Å². The van der Waals surface area contributed by atoms with Gasteiger partial charge in [-0.15, -0.1) is 0 Å². The number of amides is 1. The fourth-order valence-electron chi connectivity index (χ4n) is 8.17. The number of aryl methyl sites for hydroxylation is 2. The molecule has 3 aliphatic carbocycles. The molecule has 1 spiro atoms. The van der Waals surface area contributed by atoms with E-state index in [1.807, 2.05) is 13.1 Å². The number of phenols is 1. The summed E-state index contributed by atoms with van der Waals surface area (Å²) in [6, 6.07) is 10.6. The van der Waals surface area contributed by atoms with E-state index < -0.39 is 23.2 Å². The van der Waals surface area contributed by atoms with E-state index in [-0.39, 0.29) is 23.5 Å². The number of carbonyl (C=O) groups excluding carboxylic acids is 2. The molecule has 38 heavy (non-hydrogen) atoms. The number of aromatic hydroxyl groups is 1. The smallest absolute Gasteiger partial charge is 0.223 e. The number of phenolic OH excluding ortho intramolecular Hbond substituents is 1. The number of ether oxygens (including phenoxy) is 1. The molecule has 2 saturated carbocycles. The van der Waals surface area contributed by atoms with Crippen LogP contribution in [0.3, 0.4) is 0 Å². The molecular formula is C31H36N2O5. The molecule has 2 heterocycles. The predicted molar refractivity (Wildman–Crippen MR) is 141 cm³/mol. The highest BCUT2D eigenvalue weighted by Crippen LogP contribution is 2.66. The molecule has 5 aliphatic rings. The number of rotatable bonds is 6. The molecule has 7 heteroatoms. The van der Waals surface area contributed by atoms with Crippen molar-refractivity contribution in [2.45, 2.75) is 81.1 Å². The van der Waals surface area contributed by atoms with E-state index in [1.54, 1.807) is 11.0 Å². The minimum absolute atomic E-state index is 0.00582. The number of piperidine rings is 1. The fourth-order valence-corrected chi connectivity index (χ4v) is 8.17. The number of carbonyl (C=O) groups is 2. The lowest BCUT2D eigenvalue weighted by Gasteiger charge is -2.63. The molecule has 0 aromatic heterocycles. The maximum Gasteiger partial charge on any atom is 0.223 e. The van der Waals surface area contributed by atoms with Gasteiger partial charge >= 0.3 is 0 Å². The normalized spacial score (nSPS) is 33.0. The summed E-state index contributed by atoms with van der Waals surface area (Å²) in [5.41, 5.74) is 1.42. The molecule has 2 aromatic rings. The van der Waals surface area contributed by atoms with Gasteiger partial charge in [-0.05, 0) is 69.1 Å². The van der Waals surface area contributed by atoms with Gasteiger partial charge in [0.1, 0.15) is 17.7 Å². The van der Waals surface area contributed by atoms with Gasteiger partial charge in [0.15, 0.2) is 17.3 Å². The average Bonchev–Trinajstić information content (AvgIpc) is 3.64. The van der Waals surface area contributed by atoms with E-state index in [0.29, 0.717) is 61.4 Å². The number of aliphatic hydroxyl groups is 1. The van der Waals surface area contributed by atoms with Crippen molar-refractivity contribution in [3.8, 4) is 11.5 Å². The Balaban J connectivity index is 1.24. The van der Waals surface area contributed by atoms with E-state index in [9.17, 15) is 19.8 Å². The van der Waals surface area contributed by atoms with E-state index in [1.165, 1.54) is 24.5 Å². The first-order valence-electron chi connectivity index (χ1n) is 14.1. The van der Waals surface area contributed by atoms with Crippen molar-refractivity contribution in [1.82, 2.24) is 9.80 Å². The summed E-state index contributed by atoms with van der Waals surface area (Å²) in [4.78, 5) is 31.4. The summed E-state index contributed by atoms with van der Waals surface area (Å²) in [6.45, 7) is 3.58. The van der Waals surface area contributed by atoms with Gasteiger partial charge in [0.05, 0.1) is 11.5 Å². The van der Waals surface area contributed by atoms with Gasteiger partial charge in [0, 0.05) is 37.7 Å². The molecule has 7 rings (SSSR count). The van der Waals surface area contributed by atoms with Crippen molar-refractivity contribution in [2.24, 2.45) is 5.92 Å². The summed E-state index contributed by atoms with van der Waals surface area (Å²) in [6.07, 6.45) is 4.49. The number of ketones is 1. The number of Topliss-reactive ketones (excluding diaryl/α,β-unsaturated/α-hetero) is 1. The van der Waals surface area contributed by atoms with Crippen LogP contribution in [0.4, 0.5) is 0 Å². The fraction of sp³-hybridized carbons (Fsp3) is 0.548. The summed E-state index contributed by atoms with van der Waals surface area (Å²) in [5.74, 6) is 0.887. The first-order valence-corrected chi connectivity index (χ1v) is 14.1. The zero-order valence-corrected chi connectivity index (χ0v) is 22.2. The highest BCUT2D eigenvalue weighted by atomic mass is 16.5. The Bertz CT molecular complexity index is 1340. The minimum atomic E-state index is -1.30. The van der Waals surface area contributed by atoms with Crippen molar-refractivity contribution in [1.29, 1.82) is 0 Å². The van der Waals surface area contributed by atoms with Crippen LogP contribution in [-0.4, -0.2) is 75.6 Å². The van der Waals surface area contributed by atoms with Crippen LogP contribution in [0.2, 0.25) is 0 Å². The summed E-state index contributed by atoms with van der Waals surface area (Å²) >= 11 is 0.